The van der Waals surface area contributed by atoms with Crippen LogP contribution in [0.5, 0.6) is 0 Å². The van der Waals surface area contributed by atoms with Crippen molar-refractivity contribution in [2.75, 3.05) is 5.73 Å². The summed E-state index contributed by atoms with van der Waals surface area (Å²) in [5.74, 6) is 0.374. The number of nitrogen functional groups attached to an aromatic ring is 1. The van der Waals surface area contributed by atoms with Gasteiger partial charge in [0.2, 0.25) is 0 Å². The number of ketones is 1. The van der Waals surface area contributed by atoms with Crippen molar-refractivity contribution in [2.45, 2.75) is 20.3 Å². The monoisotopic (exact) mass is 170 g/mol. The molecule has 0 atom stereocenters. The zero-order valence-corrected chi connectivity index (χ0v) is 7.36. The lowest BCUT2D eigenvalue weighted by Gasteiger charge is -1.85. The maximum atomic E-state index is 10.9. The number of aromatic nitrogens is 1. The zero-order valence-electron chi connectivity index (χ0n) is 6.55. The van der Waals surface area contributed by atoms with Crippen molar-refractivity contribution < 1.29 is 4.79 Å². The van der Waals surface area contributed by atoms with E-state index in [2.05, 4.69) is 4.98 Å². The summed E-state index contributed by atoms with van der Waals surface area (Å²) in [5, 5.41) is 0.924. The van der Waals surface area contributed by atoms with Gasteiger partial charge in [-0.1, -0.05) is 6.92 Å². The predicted octanol–water partition coefficient (Wildman–Crippen LogP) is 1.49. The zero-order chi connectivity index (χ0) is 8.43. The molecule has 0 saturated carbocycles. The minimum Gasteiger partial charge on any atom is -0.382 e. The quantitative estimate of drug-likeness (QED) is 0.684. The average molecular weight is 170 g/mol. The Balaban J connectivity index is 3.07. The van der Waals surface area contributed by atoms with E-state index in [1.165, 1.54) is 18.3 Å². The summed E-state index contributed by atoms with van der Waals surface area (Å²) < 4.78 is 0. The van der Waals surface area contributed by atoms with Crippen LogP contribution in [0, 0.1) is 0 Å². The van der Waals surface area contributed by atoms with Gasteiger partial charge in [0.1, 0.15) is 10.7 Å². The number of thiazole rings is 1. The van der Waals surface area contributed by atoms with Crippen LogP contribution in [0.4, 0.5) is 5.82 Å². The molecule has 2 N–H and O–H groups in total. The molecular weight excluding hydrogens is 160 g/mol. The van der Waals surface area contributed by atoms with Crippen LogP contribution in [0.2, 0.25) is 0 Å². The lowest BCUT2D eigenvalue weighted by atomic mass is 10.4. The van der Waals surface area contributed by atoms with E-state index in [1.54, 1.807) is 0 Å². The van der Waals surface area contributed by atoms with Crippen molar-refractivity contribution in [3.05, 3.63) is 9.88 Å². The number of hydrogen-bond donors (Lipinski definition) is 1. The van der Waals surface area contributed by atoms with E-state index in [-0.39, 0.29) is 5.78 Å². The SMILES string of the molecule is CCc1nc(N)c(C(C)=O)s1. The first-order chi connectivity index (χ1) is 5.15. The van der Waals surface area contributed by atoms with Gasteiger partial charge in [-0.05, 0) is 6.42 Å². The Morgan fingerprint density at radius 3 is 2.64 bits per heavy atom. The van der Waals surface area contributed by atoms with Crippen LogP contribution in [0.1, 0.15) is 28.5 Å². The van der Waals surface area contributed by atoms with Gasteiger partial charge >= 0.3 is 0 Å². The van der Waals surface area contributed by atoms with Gasteiger partial charge in [-0.3, -0.25) is 4.79 Å². The highest BCUT2D eigenvalue weighted by atomic mass is 32.1. The lowest BCUT2D eigenvalue weighted by Crippen LogP contribution is -1.94. The third-order valence-corrected chi connectivity index (χ3v) is 2.64. The molecule has 0 bridgehead atoms. The van der Waals surface area contributed by atoms with Gasteiger partial charge in [-0.25, -0.2) is 4.98 Å². The van der Waals surface area contributed by atoms with Crippen molar-refractivity contribution in [3.8, 4) is 0 Å². The molecule has 0 aliphatic rings. The Bertz CT molecular complexity index is 280. The number of hydrogen-bond acceptors (Lipinski definition) is 4. The first-order valence-corrected chi connectivity index (χ1v) is 4.23. The van der Waals surface area contributed by atoms with E-state index in [0.717, 1.165) is 11.4 Å². The summed E-state index contributed by atoms with van der Waals surface area (Å²) in [6.07, 6.45) is 0.835. The van der Waals surface area contributed by atoms with Gasteiger partial charge in [0.25, 0.3) is 0 Å². The van der Waals surface area contributed by atoms with Crippen molar-refractivity contribution in [1.82, 2.24) is 4.98 Å². The summed E-state index contributed by atoms with van der Waals surface area (Å²) >= 11 is 1.38. The summed E-state index contributed by atoms with van der Waals surface area (Å²) in [4.78, 5) is 15.5. The fourth-order valence-corrected chi connectivity index (χ4v) is 1.60. The molecule has 0 spiro atoms. The largest absolute Gasteiger partial charge is 0.382 e. The number of carbonyl (C=O) groups is 1. The standard InChI is InChI=1S/C7H10N2OS/c1-3-5-9-7(8)6(11-5)4(2)10/h3,8H2,1-2H3. The van der Waals surface area contributed by atoms with Gasteiger partial charge < -0.3 is 5.73 Å². The second-order valence-corrected chi connectivity index (χ2v) is 3.32. The number of carbonyl (C=O) groups excluding carboxylic acids is 1. The van der Waals surface area contributed by atoms with Crippen LogP contribution in [0.3, 0.4) is 0 Å². The Kier molecular flexibility index (Phi) is 2.24. The molecule has 0 radical (unpaired) electrons. The molecular formula is C7H10N2OS. The van der Waals surface area contributed by atoms with Crippen LogP contribution >= 0.6 is 11.3 Å². The first kappa shape index (κ1) is 8.20. The first-order valence-electron chi connectivity index (χ1n) is 3.41. The Hall–Kier alpha value is -0.900. The fraction of sp³-hybridized carbons (Fsp3) is 0.429. The molecule has 11 heavy (non-hydrogen) atoms. The molecule has 0 aliphatic carbocycles. The molecule has 1 heterocycles. The van der Waals surface area contributed by atoms with Gasteiger partial charge in [-0.15, -0.1) is 11.3 Å². The Morgan fingerprint density at radius 2 is 2.36 bits per heavy atom. The molecule has 3 nitrogen and oxygen atoms in total. The van der Waals surface area contributed by atoms with E-state index in [0.29, 0.717) is 10.7 Å². The molecule has 4 heteroatoms. The number of nitrogens with two attached hydrogens (primary N) is 1. The van der Waals surface area contributed by atoms with Crippen molar-refractivity contribution >= 4 is 22.9 Å². The van der Waals surface area contributed by atoms with Crippen LogP contribution in [0.25, 0.3) is 0 Å². The molecule has 0 saturated heterocycles. The molecule has 1 aromatic heterocycles. The van der Waals surface area contributed by atoms with Crippen LogP contribution in [0.15, 0.2) is 0 Å². The molecule has 0 fully saturated rings. The normalized spacial score (nSPS) is 10.0. The second-order valence-electron chi connectivity index (χ2n) is 2.23. The summed E-state index contributed by atoms with van der Waals surface area (Å²) in [7, 11) is 0. The van der Waals surface area contributed by atoms with E-state index in [4.69, 9.17) is 5.73 Å². The van der Waals surface area contributed by atoms with E-state index >= 15 is 0 Å². The third-order valence-electron chi connectivity index (χ3n) is 1.32. The van der Waals surface area contributed by atoms with Gasteiger partial charge in [0, 0.05) is 6.92 Å². The average Bonchev–Trinajstić information content (AvgIpc) is 2.30. The molecule has 1 aromatic rings. The maximum absolute atomic E-state index is 10.9. The maximum Gasteiger partial charge on any atom is 0.173 e. The van der Waals surface area contributed by atoms with E-state index in [9.17, 15) is 4.79 Å². The van der Waals surface area contributed by atoms with Crippen molar-refractivity contribution in [2.24, 2.45) is 0 Å². The van der Waals surface area contributed by atoms with E-state index in [1.807, 2.05) is 6.92 Å². The second kappa shape index (κ2) is 3.00. The Morgan fingerprint density at radius 1 is 1.73 bits per heavy atom. The lowest BCUT2D eigenvalue weighted by molar-refractivity contribution is 0.102. The Labute approximate surface area is 69.3 Å². The fourth-order valence-electron chi connectivity index (χ4n) is 0.781. The van der Waals surface area contributed by atoms with E-state index < -0.39 is 0 Å². The van der Waals surface area contributed by atoms with Crippen molar-refractivity contribution in [3.63, 3.8) is 0 Å². The minimum atomic E-state index is -0.000278. The molecule has 0 aliphatic heterocycles. The molecule has 0 aromatic carbocycles. The van der Waals surface area contributed by atoms with Gasteiger partial charge in [-0.2, -0.15) is 0 Å². The summed E-state index contributed by atoms with van der Waals surface area (Å²) in [6, 6.07) is 0. The van der Waals surface area contributed by atoms with Crippen LogP contribution in [-0.4, -0.2) is 10.8 Å². The summed E-state index contributed by atoms with van der Waals surface area (Å²) in [6.45, 7) is 3.49. The predicted molar refractivity (Wildman–Crippen MR) is 45.9 cm³/mol. The highest BCUT2D eigenvalue weighted by Crippen LogP contribution is 2.20. The number of Topliss-reactive ketones (excluding diaryl/α,β-unsaturated/α-hetero) is 1. The molecule has 0 amide bonds. The molecule has 1 rings (SSSR count). The highest BCUT2D eigenvalue weighted by molar-refractivity contribution is 7.14. The smallest absolute Gasteiger partial charge is 0.173 e. The van der Waals surface area contributed by atoms with Crippen molar-refractivity contribution in [1.29, 1.82) is 0 Å². The summed E-state index contributed by atoms with van der Waals surface area (Å²) in [5.41, 5.74) is 5.50. The number of nitrogens with zero attached hydrogens (tertiary/aromatic N) is 1. The highest BCUT2D eigenvalue weighted by Gasteiger charge is 2.10. The molecule has 0 unspecified atom stereocenters. The minimum absolute atomic E-state index is 0.000278. The topological polar surface area (TPSA) is 56.0 Å². The number of anilines is 1. The number of aryl methyl sites for hydroxylation is 1. The molecule has 60 valence electrons. The number of rotatable bonds is 2. The van der Waals surface area contributed by atoms with Gasteiger partial charge in [0.15, 0.2) is 5.78 Å². The van der Waals surface area contributed by atoms with Crippen LogP contribution < -0.4 is 5.73 Å². The van der Waals surface area contributed by atoms with Gasteiger partial charge in [0.05, 0.1) is 5.01 Å². The third kappa shape index (κ3) is 1.57. The van der Waals surface area contributed by atoms with Crippen LogP contribution in [-0.2, 0) is 6.42 Å².